The van der Waals surface area contributed by atoms with Crippen LogP contribution in [-0.4, -0.2) is 35.5 Å². The predicted molar refractivity (Wildman–Crippen MR) is 132 cm³/mol. The molecule has 2 heterocycles. The monoisotopic (exact) mass is 473 g/mol. The fourth-order valence-electron chi connectivity index (χ4n) is 4.42. The van der Waals surface area contributed by atoms with Gasteiger partial charge >= 0.3 is 0 Å². The highest BCUT2D eigenvalue weighted by Crippen LogP contribution is 2.41. The largest absolute Gasteiger partial charge is 0.489 e. The molecule has 0 bridgehead atoms. The Labute approximate surface area is 202 Å². The van der Waals surface area contributed by atoms with Gasteiger partial charge in [-0.1, -0.05) is 36.4 Å². The van der Waals surface area contributed by atoms with Crippen LogP contribution in [0.5, 0.6) is 5.75 Å². The number of ether oxygens (including phenoxy) is 1. The number of aromatic nitrogens is 1. The number of amides is 1. The van der Waals surface area contributed by atoms with Gasteiger partial charge in [0.05, 0.1) is 18.7 Å². The molecule has 1 aliphatic carbocycles. The number of hydrogen-bond donors (Lipinski definition) is 1. The molecule has 8 heteroatoms. The van der Waals surface area contributed by atoms with E-state index in [1.807, 2.05) is 42.5 Å². The van der Waals surface area contributed by atoms with Gasteiger partial charge in [0.15, 0.2) is 16.9 Å². The third kappa shape index (κ3) is 5.42. The van der Waals surface area contributed by atoms with E-state index < -0.39 is 5.92 Å². The van der Waals surface area contributed by atoms with Gasteiger partial charge in [-0.3, -0.25) is 19.9 Å². The summed E-state index contributed by atoms with van der Waals surface area (Å²) in [5.41, 5.74) is 2.96. The first-order chi connectivity index (χ1) is 17.1. The predicted octanol–water partition coefficient (Wildman–Crippen LogP) is 4.88. The van der Waals surface area contributed by atoms with Gasteiger partial charge in [0.2, 0.25) is 12.5 Å². The summed E-state index contributed by atoms with van der Waals surface area (Å²) in [6.07, 6.45) is 6.32. The number of fused-ring (bicyclic) bond motifs is 3. The number of nitrogens with zero attached hydrogens (tertiary/aromatic N) is 2. The van der Waals surface area contributed by atoms with Crippen LogP contribution in [0.4, 0.5) is 0 Å². The molecule has 180 valence electrons. The second-order valence-corrected chi connectivity index (χ2v) is 9.09. The molecular weight excluding hydrogens is 446 g/mol. The van der Waals surface area contributed by atoms with Gasteiger partial charge in [-0.2, -0.15) is 0 Å². The molecule has 0 spiro atoms. The first-order valence-corrected chi connectivity index (χ1v) is 11.9. The molecule has 1 unspecified atom stereocenters. The minimum absolute atomic E-state index is 0.00487. The molecule has 1 amide bonds. The number of furan rings is 1. The molecule has 1 N–H and O–H groups in total. The number of nitro groups is 1. The average Bonchev–Trinajstić information content (AvgIpc) is 3.60. The number of benzene rings is 2. The zero-order valence-electron chi connectivity index (χ0n) is 19.3. The second-order valence-electron chi connectivity index (χ2n) is 9.09. The lowest BCUT2D eigenvalue weighted by atomic mass is 9.91. The maximum absolute atomic E-state index is 12.8. The maximum Gasteiger partial charge on any atom is 0.220 e. The van der Waals surface area contributed by atoms with Gasteiger partial charge in [-0.25, -0.2) is 0 Å². The first kappa shape index (κ1) is 22.8. The highest BCUT2D eigenvalue weighted by molar-refractivity contribution is 6.08. The third-order valence-electron chi connectivity index (χ3n) is 6.41. The van der Waals surface area contributed by atoms with Crippen molar-refractivity contribution >= 4 is 27.8 Å². The van der Waals surface area contributed by atoms with E-state index in [1.165, 1.54) is 0 Å². The Bertz CT molecular complexity index is 1350. The molecule has 1 saturated carbocycles. The molecule has 0 radical (unpaired) electrons. The van der Waals surface area contributed by atoms with Crippen molar-refractivity contribution in [2.75, 3.05) is 19.7 Å². The van der Waals surface area contributed by atoms with E-state index in [1.54, 1.807) is 18.5 Å². The fraction of sp³-hybridized carbons (Fsp3) is 0.333. The lowest BCUT2D eigenvalue weighted by Gasteiger charge is -2.16. The van der Waals surface area contributed by atoms with Crippen LogP contribution in [0.3, 0.4) is 0 Å². The van der Waals surface area contributed by atoms with Crippen molar-refractivity contribution in [1.29, 1.82) is 0 Å². The van der Waals surface area contributed by atoms with Gasteiger partial charge in [0.1, 0.15) is 0 Å². The van der Waals surface area contributed by atoms with Crippen LogP contribution in [0.1, 0.15) is 36.3 Å². The van der Waals surface area contributed by atoms with E-state index in [9.17, 15) is 14.9 Å². The van der Waals surface area contributed by atoms with E-state index in [0.717, 1.165) is 29.2 Å². The Hall–Kier alpha value is -3.94. The van der Waals surface area contributed by atoms with Crippen molar-refractivity contribution in [3.05, 3.63) is 82.2 Å². The Morgan fingerprint density at radius 3 is 2.80 bits per heavy atom. The smallest absolute Gasteiger partial charge is 0.220 e. The van der Waals surface area contributed by atoms with E-state index in [4.69, 9.17) is 9.15 Å². The molecule has 0 saturated heterocycles. The third-order valence-corrected chi connectivity index (χ3v) is 6.41. The van der Waals surface area contributed by atoms with E-state index >= 15 is 0 Å². The first-order valence-electron chi connectivity index (χ1n) is 11.9. The highest BCUT2D eigenvalue weighted by Gasteiger charge is 2.28. The molecule has 5 rings (SSSR count). The van der Waals surface area contributed by atoms with Crippen LogP contribution in [0.15, 0.2) is 65.3 Å². The number of pyridine rings is 1. The van der Waals surface area contributed by atoms with Crippen molar-refractivity contribution in [1.82, 2.24) is 10.3 Å². The maximum atomic E-state index is 12.8. The molecule has 1 atom stereocenters. The van der Waals surface area contributed by atoms with Crippen molar-refractivity contribution in [3.63, 3.8) is 0 Å². The summed E-state index contributed by atoms with van der Waals surface area (Å²) in [6.45, 7) is 0.727. The fourth-order valence-corrected chi connectivity index (χ4v) is 4.42. The summed E-state index contributed by atoms with van der Waals surface area (Å²) in [6, 6.07) is 15.3. The van der Waals surface area contributed by atoms with Gasteiger partial charge in [-0.05, 0) is 48.4 Å². The summed E-state index contributed by atoms with van der Waals surface area (Å²) in [5.74, 6) is 0.344. The van der Waals surface area contributed by atoms with Crippen LogP contribution in [0, 0.1) is 16.0 Å². The minimum atomic E-state index is -0.615. The van der Waals surface area contributed by atoms with E-state index in [-0.39, 0.29) is 23.8 Å². The zero-order chi connectivity index (χ0) is 24.2. The number of carbonyl (C=O) groups excluding carboxylic acids is 1. The van der Waals surface area contributed by atoms with Gasteiger partial charge in [-0.15, -0.1) is 0 Å². The summed E-state index contributed by atoms with van der Waals surface area (Å²) >= 11 is 0. The molecule has 35 heavy (non-hydrogen) atoms. The second kappa shape index (κ2) is 10.1. The molecule has 4 aromatic rings. The summed E-state index contributed by atoms with van der Waals surface area (Å²) < 4.78 is 12.1. The van der Waals surface area contributed by atoms with Gasteiger partial charge < -0.3 is 14.5 Å². The number of rotatable bonds is 11. The summed E-state index contributed by atoms with van der Waals surface area (Å²) in [4.78, 5) is 28.1. The zero-order valence-corrected chi connectivity index (χ0v) is 19.3. The molecular formula is C27H27N3O5. The Kier molecular flexibility index (Phi) is 6.61. The van der Waals surface area contributed by atoms with E-state index in [0.29, 0.717) is 48.0 Å². The quantitative estimate of drug-likeness (QED) is 0.246. The Morgan fingerprint density at radius 2 is 2.03 bits per heavy atom. The standard InChI is InChI=1S/C27H27N3O5/c31-25(29-13-10-18-4-2-1-3-5-18)14-20(16-30(32)33)21-8-9-23(34-17-19-6-7-19)27-26(21)22-11-12-28-15-24(22)35-27/h1-5,8-9,11-12,15,19-20H,6-7,10,13-14,16-17H2,(H,29,31). The Morgan fingerprint density at radius 1 is 1.20 bits per heavy atom. The molecule has 2 aromatic heterocycles. The number of nitrogens with one attached hydrogen (secondary N) is 1. The van der Waals surface area contributed by atoms with E-state index in [2.05, 4.69) is 10.3 Å². The van der Waals surface area contributed by atoms with Crippen LogP contribution >= 0.6 is 0 Å². The topological polar surface area (TPSA) is 108 Å². The molecule has 1 aliphatic rings. The molecule has 8 nitrogen and oxygen atoms in total. The van der Waals surface area contributed by atoms with Crippen LogP contribution in [0.25, 0.3) is 21.9 Å². The lowest BCUT2D eigenvalue weighted by molar-refractivity contribution is -0.483. The SMILES string of the molecule is O=C(CC(C[N+](=O)[O-])c1ccc(OCC2CC2)c2oc3cnccc3c12)NCCc1ccccc1. The average molecular weight is 474 g/mol. The molecule has 2 aromatic carbocycles. The lowest BCUT2D eigenvalue weighted by Crippen LogP contribution is -2.29. The van der Waals surface area contributed by atoms with Crippen LogP contribution in [-0.2, 0) is 11.2 Å². The minimum Gasteiger partial charge on any atom is -0.489 e. The molecule has 0 aliphatic heterocycles. The highest BCUT2D eigenvalue weighted by atomic mass is 16.6. The van der Waals surface area contributed by atoms with Crippen LogP contribution in [0.2, 0.25) is 0 Å². The van der Waals surface area contributed by atoms with Gasteiger partial charge in [0, 0.05) is 34.9 Å². The normalized spacial score (nSPS) is 14.2. The van der Waals surface area contributed by atoms with Gasteiger partial charge in [0.25, 0.3) is 0 Å². The Balaban J connectivity index is 1.42. The number of hydrogen-bond acceptors (Lipinski definition) is 6. The van der Waals surface area contributed by atoms with Crippen LogP contribution < -0.4 is 10.1 Å². The van der Waals surface area contributed by atoms with Crippen molar-refractivity contribution in [3.8, 4) is 5.75 Å². The summed E-state index contributed by atoms with van der Waals surface area (Å²) in [5, 5.41) is 16.0. The van der Waals surface area contributed by atoms with Crippen molar-refractivity contribution in [2.45, 2.75) is 31.6 Å². The van der Waals surface area contributed by atoms with Crippen molar-refractivity contribution < 1.29 is 18.9 Å². The van der Waals surface area contributed by atoms with Crippen molar-refractivity contribution in [2.24, 2.45) is 5.92 Å². The summed E-state index contributed by atoms with van der Waals surface area (Å²) in [7, 11) is 0. The molecule has 1 fully saturated rings. The number of carbonyl (C=O) groups is 1.